The second-order valence-corrected chi connectivity index (χ2v) is 4.41. The summed E-state index contributed by atoms with van der Waals surface area (Å²) < 4.78 is 5.54. The first-order valence-corrected chi connectivity index (χ1v) is 6.02. The summed E-state index contributed by atoms with van der Waals surface area (Å²) in [6.07, 6.45) is 4.48. The molecule has 0 heterocycles. The van der Waals surface area contributed by atoms with Crippen LogP contribution in [-0.2, 0) is 0 Å². The van der Waals surface area contributed by atoms with Crippen LogP contribution in [0.4, 0.5) is 0 Å². The summed E-state index contributed by atoms with van der Waals surface area (Å²) in [5.74, 6) is 1.61. The van der Waals surface area contributed by atoms with E-state index in [0.717, 1.165) is 11.5 Å². The average Bonchev–Trinajstić information content (AvgIpc) is 3.00. The molecule has 0 bridgehead atoms. The van der Waals surface area contributed by atoms with E-state index in [2.05, 4.69) is 0 Å². The highest BCUT2D eigenvalue weighted by Gasteiger charge is 2.22. The molecule has 1 aliphatic carbocycles. The molecule has 1 N–H and O–H groups in total. The van der Waals surface area contributed by atoms with E-state index < -0.39 is 0 Å². The van der Waals surface area contributed by atoms with Crippen LogP contribution in [0.3, 0.4) is 0 Å². The normalized spacial score (nSPS) is 15.5. The Morgan fingerprint density at radius 1 is 1.50 bits per heavy atom. The van der Waals surface area contributed by atoms with E-state index in [1.165, 1.54) is 24.6 Å². The molecule has 1 aromatic rings. The highest BCUT2D eigenvalue weighted by molar-refractivity contribution is 7.98. The fourth-order valence-electron chi connectivity index (χ4n) is 1.28. The Kier molecular flexibility index (Phi) is 2.87. The molecule has 0 atom stereocenters. The monoisotopic (exact) mass is 210 g/mol. The topological polar surface area (TPSA) is 29.5 Å². The van der Waals surface area contributed by atoms with Crippen molar-refractivity contribution in [1.29, 1.82) is 0 Å². The largest absolute Gasteiger partial charge is 0.503 e. The predicted molar refractivity (Wildman–Crippen MR) is 58.1 cm³/mol. The van der Waals surface area contributed by atoms with E-state index >= 15 is 0 Å². The van der Waals surface area contributed by atoms with Gasteiger partial charge < -0.3 is 9.84 Å². The summed E-state index contributed by atoms with van der Waals surface area (Å²) in [5, 5.41) is 9.78. The third kappa shape index (κ3) is 2.15. The van der Waals surface area contributed by atoms with Gasteiger partial charge in [0.25, 0.3) is 0 Å². The van der Waals surface area contributed by atoms with Crippen molar-refractivity contribution in [1.82, 2.24) is 0 Å². The number of aromatic hydroxyl groups is 1. The number of para-hydroxylation sites is 1. The number of ether oxygens (including phenoxy) is 1. The minimum absolute atomic E-state index is 0.278. The van der Waals surface area contributed by atoms with Crippen LogP contribution >= 0.6 is 11.8 Å². The maximum Gasteiger partial charge on any atom is 0.171 e. The lowest BCUT2D eigenvalue weighted by atomic mass is 10.3. The molecule has 2 rings (SSSR count). The standard InChI is InChI=1S/C11H14O2S/c1-14-10-4-2-3-9(11(10)12)13-7-8-5-6-8/h2-4,8,12H,5-7H2,1H3. The molecule has 1 aliphatic rings. The first-order valence-electron chi connectivity index (χ1n) is 4.80. The van der Waals surface area contributed by atoms with Crippen molar-refractivity contribution in [2.75, 3.05) is 12.9 Å². The fraction of sp³-hybridized carbons (Fsp3) is 0.455. The van der Waals surface area contributed by atoms with Crippen LogP contribution in [0.25, 0.3) is 0 Å². The maximum atomic E-state index is 9.78. The van der Waals surface area contributed by atoms with Crippen LogP contribution in [0.5, 0.6) is 11.5 Å². The predicted octanol–water partition coefficient (Wildman–Crippen LogP) is 2.90. The number of benzene rings is 1. The van der Waals surface area contributed by atoms with Gasteiger partial charge in [0.2, 0.25) is 0 Å². The Bertz CT molecular complexity index is 321. The summed E-state index contributed by atoms with van der Waals surface area (Å²) >= 11 is 1.53. The average molecular weight is 210 g/mol. The minimum Gasteiger partial charge on any atom is -0.503 e. The van der Waals surface area contributed by atoms with Crippen molar-refractivity contribution in [3.8, 4) is 11.5 Å². The molecule has 1 saturated carbocycles. The molecule has 0 unspecified atom stereocenters. The molecular formula is C11H14O2S. The summed E-state index contributed by atoms with van der Waals surface area (Å²) in [7, 11) is 0. The van der Waals surface area contributed by atoms with E-state index in [4.69, 9.17) is 4.74 Å². The van der Waals surface area contributed by atoms with E-state index in [1.54, 1.807) is 0 Å². The zero-order valence-electron chi connectivity index (χ0n) is 8.19. The van der Waals surface area contributed by atoms with Gasteiger partial charge in [-0.3, -0.25) is 0 Å². The van der Waals surface area contributed by atoms with Gasteiger partial charge in [-0.1, -0.05) is 6.07 Å². The number of thioether (sulfide) groups is 1. The van der Waals surface area contributed by atoms with E-state index in [9.17, 15) is 5.11 Å². The molecule has 0 aliphatic heterocycles. The zero-order chi connectivity index (χ0) is 9.97. The van der Waals surface area contributed by atoms with Gasteiger partial charge in [0.15, 0.2) is 11.5 Å². The van der Waals surface area contributed by atoms with Crippen molar-refractivity contribution < 1.29 is 9.84 Å². The molecule has 76 valence electrons. The van der Waals surface area contributed by atoms with E-state index in [1.807, 2.05) is 24.5 Å². The molecule has 2 nitrogen and oxygen atoms in total. The minimum atomic E-state index is 0.278. The quantitative estimate of drug-likeness (QED) is 0.775. The lowest BCUT2D eigenvalue weighted by Gasteiger charge is -2.09. The molecule has 0 amide bonds. The molecule has 0 aromatic heterocycles. The SMILES string of the molecule is CSc1cccc(OCC2CC2)c1O. The van der Waals surface area contributed by atoms with Crippen molar-refractivity contribution in [2.24, 2.45) is 5.92 Å². The number of hydrogen-bond donors (Lipinski definition) is 1. The smallest absolute Gasteiger partial charge is 0.171 e. The van der Waals surface area contributed by atoms with Gasteiger partial charge in [-0.25, -0.2) is 0 Å². The number of rotatable bonds is 4. The second-order valence-electron chi connectivity index (χ2n) is 3.56. The van der Waals surface area contributed by atoms with Crippen molar-refractivity contribution >= 4 is 11.8 Å². The molecule has 1 aromatic carbocycles. The third-order valence-corrected chi connectivity index (χ3v) is 3.12. The van der Waals surface area contributed by atoms with E-state index in [-0.39, 0.29) is 5.75 Å². The van der Waals surface area contributed by atoms with Gasteiger partial charge >= 0.3 is 0 Å². The van der Waals surface area contributed by atoms with Crippen LogP contribution < -0.4 is 4.74 Å². The molecule has 0 saturated heterocycles. The van der Waals surface area contributed by atoms with Crippen LogP contribution in [-0.4, -0.2) is 18.0 Å². The van der Waals surface area contributed by atoms with Crippen LogP contribution in [0.1, 0.15) is 12.8 Å². The molecule has 14 heavy (non-hydrogen) atoms. The first-order chi connectivity index (χ1) is 6.81. The van der Waals surface area contributed by atoms with Crippen LogP contribution in [0.15, 0.2) is 23.1 Å². The van der Waals surface area contributed by atoms with Crippen LogP contribution in [0.2, 0.25) is 0 Å². The Morgan fingerprint density at radius 2 is 2.29 bits per heavy atom. The fourth-order valence-corrected chi connectivity index (χ4v) is 1.78. The summed E-state index contributed by atoms with van der Waals surface area (Å²) in [4.78, 5) is 0.873. The highest BCUT2D eigenvalue weighted by atomic mass is 32.2. The number of phenolic OH excluding ortho intramolecular Hbond substituents is 1. The van der Waals surface area contributed by atoms with Crippen LogP contribution in [0, 0.1) is 5.92 Å². The van der Waals surface area contributed by atoms with Gasteiger partial charge in [0.05, 0.1) is 11.5 Å². The first kappa shape index (κ1) is 9.71. The molecule has 0 radical (unpaired) electrons. The maximum absolute atomic E-state index is 9.78. The Morgan fingerprint density at radius 3 is 2.93 bits per heavy atom. The molecule has 3 heteroatoms. The molecular weight excluding hydrogens is 196 g/mol. The van der Waals surface area contributed by atoms with Crippen molar-refractivity contribution in [2.45, 2.75) is 17.7 Å². The third-order valence-electron chi connectivity index (χ3n) is 2.35. The van der Waals surface area contributed by atoms with Gasteiger partial charge in [-0.05, 0) is 37.1 Å². The highest BCUT2D eigenvalue weighted by Crippen LogP contribution is 2.37. The van der Waals surface area contributed by atoms with Crippen molar-refractivity contribution in [3.63, 3.8) is 0 Å². The summed E-state index contributed by atoms with van der Waals surface area (Å²) in [5.41, 5.74) is 0. The Labute approximate surface area is 88.3 Å². The van der Waals surface area contributed by atoms with Crippen molar-refractivity contribution in [3.05, 3.63) is 18.2 Å². The zero-order valence-corrected chi connectivity index (χ0v) is 9.01. The lowest BCUT2D eigenvalue weighted by molar-refractivity contribution is 0.282. The number of hydrogen-bond acceptors (Lipinski definition) is 3. The lowest BCUT2D eigenvalue weighted by Crippen LogP contribution is -1.99. The summed E-state index contributed by atoms with van der Waals surface area (Å²) in [6, 6.07) is 5.62. The van der Waals surface area contributed by atoms with Gasteiger partial charge in [0, 0.05) is 0 Å². The Balaban J connectivity index is 2.06. The number of phenols is 1. The second kappa shape index (κ2) is 4.13. The molecule has 1 fully saturated rings. The summed E-state index contributed by atoms with van der Waals surface area (Å²) in [6.45, 7) is 0.741. The van der Waals surface area contributed by atoms with Gasteiger partial charge in [-0.2, -0.15) is 0 Å². The van der Waals surface area contributed by atoms with E-state index in [0.29, 0.717) is 11.7 Å². The van der Waals surface area contributed by atoms with Gasteiger partial charge in [-0.15, -0.1) is 11.8 Å². The Hall–Kier alpha value is -0.830. The molecule has 0 spiro atoms. The van der Waals surface area contributed by atoms with Gasteiger partial charge in [0.1, 0.15) is 0 Å².